The molecule has 1 aromatic carbocycles. The number of likely N-dealkylation sites (tertiary alicyclic amines) is 2. The number of amides is 1. The van der Waals surface area contributed by atoms with Crippen molar-refractivity contribution in [3.63, 3.8) is 0 Å². The quantitative estimate of drug-likeness (QED) is 0.689. The molecule has 1 N–H and O–H groups in total. The molecule has 3 atom stereocenters. The van der Waals surface area contributed by atoms with Gasteiger partial charge in [0, 0.05) is 41.9 Å². The van der Waals surface area contributed by atoms with Gasteiger partial charge in [-0.05, 0) is 66.9 Å². The van der Waals surface area contributed by atoms with Gasteiger partial charge in [0.15, 0.2) is 0 Å². The smallest absolute Gasteiger partial charge is 0.227 e. The average molecular weight is 465 g/mol. The van der Waals surface area contributed by atoms with E-state index in [-0.39, 0.29) is 17.4 Å². The molecule has 33 heavy (non-hydrogen) atoms. The van der Waals surface area contributed by atoms with E-state index >= 15 is 0 Å². The Balaban J connectivity index is 1.36. The van der Waals surface area contributed by atoms with Gasteiger partial charge in [0.25, 0.3) is 0 Å². The zero-order chi connectivity index (χ0) is 22.6. The first-order valence-corrected chi connectivity index (χ1v) is 13.0. The molecule has 6 heteroatoms. The topological polar surface area (TPSA) is 53.0 Å². The maximum absolute atomic E-state index is 13.2. The van der Waals surface area contributed by atoms with E-state index in [4.69, 9.17) is 4.74 Å². The second-order valence-electron chi connectivity index (χ2n) is 10.2. The summed E-state index contributed by atoms with van der Waals surface area (Å²) in [6, 6.07) is 10.5. The summed E-state index contributed by atoms with van der Waals surface area (Å²) in [7, 11) is 1.71. The molecule has 6 rings (SSSR count). The molecule has 2 aliphatic heterocycles. The Morgan fingerprint density at radius 2 is 2.00 bits per heavy atom. The predicted molar refractivity (Wildman–Crippen MR) is 130 cm³/mol. The Morgan fingerprint density at radius 1 is 1.18 bits per heavy atom. The van der Waals surface area contributed by atoms with Gasteiger partial charge < -0.3 is 14.7 Å². The van der Waals surface area contributed by atoms with Gasteiger partial charge in [0.05, 0.1) is 19.1 Å². The van der Waals surface area contributed by atoms with Crippen molar-refractivity contribution >= 4 is 17.2 Å². The predicted octanol–water partition coefficient (Wildman–Crippen LogP) is 3.41. The van der Waals surface area contributed by atoms with Gasteiger partial charge in [-0.2, -0.15) is 0 Å². The monoisotopic (exact) mass is 464 g/mol. The van der Waals surface area contributed by atoms with Crippen LogP contribution in [0.25, 0.3) is 0 Å². The number of aliphatic hydroxyl groups is 1. The van der Waals surface area contributed by atoms with Crippen LogP contribution in [0.1, 0.15) is 35.3 Å². The molecule has 174 valence electrons. The van der Waals surface area contributed by atoms with Crippen LogP contribution in [0.4, 0.5) is 0 Å². The highest BCUT2D eigenvalue weighted by Crippen LogP contribution is 2.56. The number of piperidine rings is 1. The van der Waals surface area contributed by atoms with Crippen LogP contribution >= 0.6 is 11.3 Å². The lowest BCUT2D eigenvalue weighted by Gasteiger charge is -2.61. The van der Waals surface area contributed by atoms with Crippen molar-refractivity contribution in [2.45, 2.75) is 49.2 Å². The van der Waals surface area contributed by atoms with Crippen LogP contribution in [0.2, 0.25) is 0 Å². The van der Waals surface area contributed by atoms with Gasteiger partial charge >= 0.3 is 0 Å². The first-order chi connectivity index (χ1) is 16.0. The van der Waals surface area contributed by atoms with Crippen LogP contribution in [0.5, 0.6) is 5.75 Å². The second-order valence-corrected chi connectivity index (χ2v) is 11.2. The van der Waals surface area contributed by atoms with Crippen molar-refractivity contribution < 1.29 is 14.6 Å². The van der Waals surface area contributed by atoms with E-state index in [1.54, 1.807) is 18.4 Å². The molecule has 1 aromatic heterocycles. The fourth-order valence-corrected chi connectivity index (χ4v) is 7.44. The number of methoxy groups -OCH3 is 1. The number of benzene rings is 1. The van der Waals surface area contributed by atoms with Gasteiger partial charge in [-0.1, -0.05) is 24.3 Å². The van der Waals surface area contributed by atoms with E-state index in [9.17, 15) is 9.90 Å². The summed E-state index contributed by atoms with van der Waals surface area (Å²) in [6.45, 7) is 3.30. The molecule has 2 saturated heterocycles. The fourth-order valence-electron chi connectivity index (χ4n) is 6.75. The second kappa shape index (κ2) is 7.97. The maximum Gasteiger partial charge on any atom is 0.227 e. The molecule has 0 spiro atoms. The van der Waals surface area contributed by atoms with Crippen LogP contribution in [0, 0.1) is 5.92 Å². The van der Waals surface area contributed by atoms with Crippen molar-refractivity contribution in [3.8, 4) is 5.75 Å². The van der Waals surface area contributed by atoms with Gasteiger partial charge in [-0.25, -0.2) is 0 Å². The third-order valence-corrected chi connectivity index (χ3v) is 9.51. The highest BCUT2D eigenvalue weighted by molar-refractivity contribution is 7.10. The van der Waals surface area contributed by atoms with Crippen molar-refractivity contribution in [1.29, 1.82) is 0 Å². The molecule has 2 fully saturated rings. The lowest BCUT2D eigenvalue weighted by Crippen LogP contribution is -2.71. The van der Waals surface area contributed by atoms with Crippen molar-refractivity contribution in [1.82, 2.24) is 9.80 Å². The minimum Gasteiger partial charge on any atom is -0.497 e. The molecular formula is C27H32N2O3S. The number of carbonyl (C=O) groups is 1. The Morgan fingerprint density at radius 3 is 2.76 bits per heavy atom. The molecule has 2 bridgehead atoms. The summed E-state index contributed by atoms with van der Waals surface area (Å²) in [6.07, 6.45) is 8.16. The number of fused-ring (bicyclic) bond motifs is 1. The van der Waals surface area contributed by atoms with Gasteiger partial charge in [0.1, 0.15) is 5.75 Å². The van der Waals surface area contributed by atoms with Crippen molar-refractivity contribution in [3.05, 3.63) is 63.9 Å². The SMILES string of the molecule is COc1ccc2c(c1)C13CCN(C(=O)Cc4cccs4)CCC1(O)C(C2)N(CC1C=C1)CC3. The van der Waals surface area contributed by atoms with Gasteiger partial charge in [0.2, 0.25) is 5.91 Å². The first kappa shape index (κ1) is 21.4. The number of nitrogens with zero attached hydrogens (tertiary/aromatic N) is 2. The summed E-state index contributed by atoms with van der Waals surface area (Å²) in [5.41, 5.74) is 1.39. The van der Waals surface area contributed by atoms with Crippen LogP contribution in [0.3, 0.4) is 0 Å². The third kappa shape index (κ3) is 3.46. The minimum atomic E-state index is -0.850. The number of rotatable bonds is 5. The first-order valence-electron chi connectivity index (χ1n) is 12.1. The largest absolute Gasteiger partial charge is 0.497 e. The number of hydrogen-bond acceptors (Lipinski definition) is 5. The summed E-state index contributed by atoms with van der Waals surface area (Å²) in [5, 5.41) is 14.6. The summed E-state index contributed by atoms with van der Waals surface area (Å²) in [4.78, 5) is 18.8. The molecule has 3 heterocycles. The van der Waals surface area contributed by atoms with Crippen molar-refractivity contribution in [2.24, 2.45) is 5.92 Å². The van der Waals surface area contributed by atoms with Crippen LogP contribution in [-0.4, -0.2) is 65.7 Å². The van der Waals surface area contributed by atoms with E-state index in [1.807, 2.05) is 22.4 Å². The summed E-state index contributed by atoms with van der Waals surface area (Å²) in [5.74, 6) is 1.58. The number of thiophene rings is 1. The summed E-state index contributed by atoms with van der Waals surface area (Å²) >= 11 is 1.64. The third-order valence-electron chi connectivity index (χ3n) is 8.63. The molecule has 4 aliphatic rings. The zero-order valence-corrected chi connectivity index (χ0v) is 20.0. The molecule has 3 unspecified atom stereocenters. The number of ether oxygens (including phenoxy) is 1. The number of carbonyl (C=O) groups excluding carboxylic acids is 1. The summed E-state index contributed by atoms with van der Waals surface area (Å²) < 4.78 is 5.59. The van der Waals surface area contributed by atoms with Crippen LogP contribution in [-0.2, 0) is 23.1 Å². The number of hydrogen-bond donors (Lipinski definition) is 1. The highest BCUT2D eigenvalue weighted by Gasteiger charge is 2.63. The normalized spacial score (nSPS) is 31.0. The molecule has 0 radical (unpaired) electrons. The van der Waals surface area contributed by atoms with Crippen molar-refractivity contribution in [2.75, 3.05) is 33.3 Å². The zero-order valence-electron chi connectivity index (χ0n) is 19.2. The minimum absolute atomic E-state index is 0.0851. The standard InChI is InChI=1S/C27H32N2O3S/c1-32-21-7-6-20-15-24-27(31)10-13-28(25(30)17-22-3-2-14-33-22)11-8-26(27,23(20)16-21)9-12-29(24)18-19-4-5-19/h2-7,14,16,19,24,31H,8-13,15,17-18H2,1H3. The van der Waals surface area contributed by atoms with E-state index in [0.29, 0.717) is 31.8 Å². The molecule has 1 amide bonds. The van der Waals surface area contributed by atoms with Gasteiger partial charge in [-0.3, -0.25) is 9.69 Å². The Bertz CT molecular complexity index is 1080. The van der Waals surface area contributed by atoms with E-state index in [2.05, 4.69) is 35.3 Å². The Labute approximate surface area is 199 Å². The Hall–Kier alpha value is -2.15. The van der Waals surface area contributed by atoms with E-state index < -0.39 is 5.60 Å². The highest BCUT2D eigenvalue weighted by atomic mass is 32.1. The van der Waals surface area contributed by atoms with Crippen LogP contribution < -0.4 is 4.74 Å². The van der Waals surface area contributed by atoms with E-state index in [1.165, 1.54) is 11.1 Å². The lowest BCUT2D eigenvalue weighted by atomic mass is 9.52. The molecule has 2 aliphatic carbocycles. The Kier molecular flexibility index (Phi) is 5.16. The lowest BCUT2D eigenvalue weighted by molar-refractivity contribution is -0.149. The average Bonchev–Trinajstić information content (AvgIpc) is 3.52. The molecule has 5 nitrogen and oxygen atoms in total. The molecule has 0 saturated carbocycles. The van der Waals surface area contributed by atoms with Gasteiger partial charge in [-0.15, -0.1) is 11.3 Å². The molecule has 2 aromatic rings. The molecular weight excluding hydrogens is 432 g/mol. The maximum atomic E-state index is 13.2. The van der Waals surface area contributed by atoms with Crippen LogP contribution in [0.15, 0.2) is 47.9 Å². The fraction of sp³-hybridized carbons (Fsp3) is 0.519. The van der Waals surface area contributed by atoms with E-state index in [0.717, 1.165) is 43.0 Å².